The molecular weight excluding hydrogens is 420 g/mol. The summed E-state index contributed by atoms with van der Waals surface area (Å²) in [6.07, 6.45) is 3.17. The number of anilines is 1. The predicted molar refractivity (Wildman–Crippen MR) is 128 cm³/mol. The molecule has 4 aromatic rings. The van der Waals surface area contributed by atoms with Gasteiger partial charge in [-0.3, -0.25) is 9.59 Å². The monoisotopic (exact) mass is 442 g/mol. The number of amides is 1. The zero-order valence-electron chi connectivity index (χ0n) is 17.3. The van der Waals surface area contributed by atoms with E-state index in [4.69, 9.17) is 5.11 Å². The molecule has 0 bridgehead atoms. The van der Waals surface area contributed by atoms with Crippen LogP contribution < -0.4 is 5.32 Å². The van der Waals surface area contributed by atoms with Crippen molar-refractivity contribution in [2.75, 3.05) is 5.32 Å². The molecule has 0 atom stereocenters. The molecule has 5 nitrogen and oxygen atoms in total. The van der Waals surface area contributed by atoms with Crippen LogP contribution >= 0.6 is 11.3 Å². The first-order chi connectivity index (χ1) is 15.6. The molecule has 1 amide bonds. The number of aliphatic carboxylic acids is 1. The van der Waals surface area contributed by atoms with E-state index in [2.05, 4.69) is 22.4 Å². The molecule has 1 aromatic heterocycles. The largest absolute Gasteiger partial charge is 0.481 e. The van der Waals surface area contributed by atoms with Crippen LogP contribution in [0.15, 0.2) is 85.1 Å². The summed E-state index contributed by atoms with van der Waals surface area (Å²) in [7, 11) is 0. The van der Waals surface area contributed by atoms with Crippen molar-refractivity contribution in [3.63, 3.8) is 0 Å². The van der Waals surface area contributed by atoms with Crippen LogP contribution in [0.1, 0.15) is 28.2 Å². The molecule has 160 valence electrons. The van der Waals surface area contributed by atoms with Crippen LogP contribution in [0.3, 0.4) is 0 Å². The summed E-state index contributed by atoms with van der Waals surface area (Å²) in [5.41, 5.74) is 4.53. The van der Waals surface area contributed by atoms with Crippen molar-refractivity contribution in [2.24, 2.45) is 0 Å². The molecule has 0 saturated heterocycles. The number of carbonyl (C=O) groups excluding carboxylic acids is 1. The van der Waals surface area contributed by atoms with Gasteiger partial charge in [0.05, 0.1) is 9.88 Å². The molecule has 0 aliphatic carbocycles. The molecule has 0 unspecified atom stereocenters. The lowest BCUT2D eigenvalue weighted by Crippen LogP contribution is -2.11. The summed E-state index contributed by atoms with van der Waals surface area (Å²) in [4.78, 5) is 28.6. The fraction of sp³-hybridized carbons (Fsp3) is 0.115. The Balaban J connectivity index is 1.37. The van der Waals surface area contributed by atoms with Crippen LogP contribution in [0.4, 0.5) is 5.69 Å². The summed E-state index contributed by atoms with van der Waals surface area (Å²) in [6, 6.07) is 25.3. The first-order valence-corrected chi connectivity index (χ1v) is 11.1. The number of nitrogens with one attached hydrogen (secondary N) is 1. The lowest BCUT2D eigenvalue weighted by atomic mass is 10.1. The van der Waals surface area contributed by atoms with E-state index in [1.165, 1.54) is 0 Å². The third kappa shape index (κ3) is 5.47. The van der Waals surface area contributed by atoms with Gasteiger partial charge in [-0.1, -0.05) is 54.6 Å². The van der Waals surface area contributed by atoms with Gasteiger partial charge in [-0.25, -0.2) is 4.98 Å². The second kappa shape index (κ2) is 10.0. The number of aromatic nitrogens is 1. The molecule has 0 fully saturated rings. The minimum absolute atomic E-state index is 0.147. The zero-order chi connectivity index (χ0) is 22.3. The highest BCUT2D eigenvalue weighted by Crippen LogP contribution is 2.27. The highest BCUT2D eigenvalue weighted by molar-refractivity contribution is 7.15. The quantitative estimate of drug-likeness (QED) is 0.344. The number of aryl methyl sites for hydroxylation is 1. The highest BCUT2D eigenvalue weighted by Gasteiger charge is 2.09. The van der Waals surface area contributed by atoms with Crippen LogP contribution in [0.5, 0.6) is 0 Å². The number of hydrogen-bond acceptors (Lipinski definition) is 4. The summed E-state index contributed by atoms with van der Waals surface area (Å²) in [5.74, 6) is -0.953. The number of thiazole rings is 1. The molecule has 0 aliphatic heterocycles. The topological polar surface area (TPSA) is 79.3 Å². The standard InChI is InChI=1S/C26H22N2O3S/c29-25(30)8-4-7-24-27-17-23(32-24)20-9-11-21(12-10-20)26(31)28-22-15-13-19(14-16-22)18-5-2-1-3-6-18/h1-3,5-6,9-17H,4,7-8H2,(H,28,31)(H,29,30). The second-order valence-electron chi connectivity index (χ2n) is 7.34. The minimum Gasteiger partial charge on any atom is -0.481 e. The molecule has 1 heterocycles. The number of rotatable bonds is 8. The van der Waals surface area contributed by atoms with Crippen LogP contribution in [0.2, 0.25) is 0 Å². The Labute approximate surface area is 190 Å². The van der Waals surface area contributed by atoms with Crippen molar-refractivity contribution in [3.05, 3.63) is 95.6 Å². The molecule has 0 radical (unpaired) electrons. The lowest BCUT2D eigenvalue weighted by molar-refractivity contribution is -0.137. The summed E-state index contributed by atoms with van der Waals surface area (Å²) in [6.45, 7) is 0. The summed E-state index contributed by atoms with van der Waals surface area (Å²) < 4.78 is 0. The Bertz CT molecular complexity index is 1200. The fourth-order valence-electron chi connectivity index (χ4n) is 3.32. The maximum absolute atomic E-state index is 12.6. The molecule has 2 N–H and O–H groups in total. The van der Waals surface area contributed by atoms with E-state index in [1.807, 2.05) is 54.6 Å². The number of carboxylic acid groups (broad SMARTS) is 1. The average Bonchev–Trinajstić information content (AvgIpc) is 3.29. The van der Waals surface area contributed by atoms with Crippen LogP contribution in [-0.4, -0.2) is 22.0 Å². The van der Waals surface area contributed by atoms with E-state index in [9.17, 15) is 9.59 Å². The van der Waals surface area contributed by atoms with Crippen molar-refractivity contribution in [2.45, 2.75) is 19.3 Å². The Morgan fingerprint density at radius 2 is 1.50 bits per heavy atom. The molecule has 32 heavy (non-hydrogen) atoms. The van der Waals surface area contributed by atoms with Gasteiger partial charge in [-0.05, 0) is 53.8 Å². The predicted octanol–water partition coefficient (Wildman–Crippen LogP) is 6.14. The van der Waals surface area contributed by atoms with Gasteiger partial charge in [0.25, 0.3) is 5.91 Å². The Morgan fingerprint density at radius 3 is 2.19 bits per heavy atom. The molecule has 0 saturated carbocycles. The SMILES string of the molecule is O=C(O)CCCc1ncc(-c2ccc(C(=O)Nc3ccc(-c4ccccc4)cc3)cc2)s1. The molecule has 3 aromatic carbocycles. The minimum atomic E-state index is -0.789. The molecule has 0 aliphatic rings. The third-order valence-corrected chi connectivity index (χ3v) is 6.12. The Kier molecular flexibility index (Phi) is 6.72. The number of carbonyl (C=O) groups is 2. The van der Waals surface area contributed by atoms with E-state index in [0.717, 1.165) is 32.3 Å². The van der Waals surface area contributed by atoms with Crippen LogP contribution in [0.25, 0.3) is 21.6 Å². The van der Waals surface area contributed by atoms with Crippen molar-refractivity contribution < 1.29 is 14.7 Å². The summed E-state index contributed by atoms with van der Waals surface area (Å²) >= 11 is 1.55. The first-order valence-electron chi connectivity index (χ1n) is 10.3. The molecule has 6 heteroatoms. The first kappa shape index (κ1) is 21.5. The van der Waals surface area contributed by atoms with Crippen molar-refractivity contribution in [1.29, 1.82) is 0 Å². The average molecular weight is 443 g/mol. The number of benzene rings is 3. The van der Waals surface area contributed by atoms with E-state index in [1.54, 1.807) is 29.7 Å². The smallest absolute Gasteiger partial charge is 0.303 e. The van der Waals surface area contributed by atoms with E-state index in [0.29, 0.717) is 18.4 Å². The maximum atomic E-state index is 12.6. The van der Waals surface area contributed by atoms with Gasteiger partial charge in [-0.2, -0.15) is 0 Å². The van der Waals surface area contributed by atoms with Gasteiger partial charge in [-0.15, -0.1) is 11.3 Å². The number of hydrogen-bond donors (Lipinski definition) is 2. The van der Waals surface area contributed by atoms with Gasteiger partial charge in [0, 0.05) is 23.9 Å². The fourth-order valence-corrected chi connectivity index (χ4v) is 4.28. The molecule has 4 rings (SSSR count). The Morgan fingerprint density at radius 1 is 0.844 bits per heavy atom. The third-order valence-electron chi connectivity index (χ3n) is 5.02. The van der Waals surface area contributed by atoms with Crippen molar-refractivity contribution in [1.82, 2.24) is 4.98 Å². The maximum Gasteiger partial charge on any atom is 0.303 e. The second-order valence-corrected chi connectivity index (χ2v) is 8.46. The highest BCUT2D eigenvalue weighted by atomic mass is 32.1. The van der Waals surface area contributed by atoms with Crippen LogP contribution in [0, 0.1) is 0 Å². The van der Waals surface area contributed by atoms with Gasteiger partial charge >= 0.3 is 5.97 Å². The van der Waals surface area contributed by atoms with E-state index in [-0.39, 0.29) is 12.3 Å². The zero-order valence-corrected chi connectivity index (χ0v) is 18.1. The van der Waals surface area contributed by atoms with Gasteiger partial charge in [0.15, 0.2) is 0 Å². The lowest BCUT2D eigenvalue weighted by Gasteiger charge is -2.07. The van der Waals surface area contributed by atoms with Crippen molar-refractivity contribution >= 4 is 28.9 Å². The van der Waals surface area contributed by atoms with Crippen molar-refractivity contribution in [3.8, 4) is 21.6 Å². The van der Waals surface area contributed by atoms with Crippen LogP contribution in [-0.2, 0) is 11.2 Å². The van der Waals surface area contributed by atoms with Gasteiger partial charge in [0.2, 0.25) is 0 Å². The van der Waals surface area contributed by atoms with Gasteiger partial charge < -0.3 is 10.4 Å². The number of nitrogens with zero attached hydrogens (tertiary/aromatic N) is 1. The van der Waals surface area contributed by atoms with Gasteiger partial charge in [0.1, 0.15) is 0 Å². The van der Waals surface area contributed by atoms with E-state index >= 15 is 0 Å². The molecule has 0 spiro atoms. The summed E-state index contributed by atoms with van der Waals surface area (Å²) in [5, 5.41) is 12.6. The normalized spacial score (nSPS) is 10.6. The number of carboxylic acids is 1. The molecular formula is C26H22N2O3S. The van der Waals surface area contributed by atoms with E-state index < -0.39 is 5.97 Å². The Hall–Kier alpha value is -3.77.